The van der Waals surface area contributed by atoms with E-state index in [1.807, 2.05) is 42.6 Å². The van der Waals surface area contributed by atoms with Gasteiger partial charge < -0.3 is 20.0 Å². The highest BCUT2D eigenvalue weighted by molar-refractivity contribution is 7.80. The number of H-pyrrole nitrogens is 1. The number of hydrogen-bond donors (Lipinski definition) is 3. The predicted molar refractivity (Wildman–Crippen MR) is 104 cm³/mol. The Morgan fingerprint density at radius 3 is 2.69 bits per heavy atom. The third-order valence-electron chi connectivity index (χ3n) is 4.11. The summed E-state index contributed by atoms with van der Waals surface area (Å²) >= 11 is 5.41. The molecule has 0 atom stereocenters. The maximum absolute atomic E-state index is 5.41. The highest BCUT2D eigenvalue weighted by atomic mass is 32.1. The summed E-state index contributed by atoms with van der Waals surface area (Å²) in [5, 5.41) is 8.17. The van der Waals surface area contributed by atoms with Crippen LogP contribution in [-0.2, 0) is 13.1 Å². The molecule has 6 nitrogen and oxygen atoms in total. The molecule has 0 saturated heterocycles. The molecule has 0 spiro atoms. The van der Waals surface area contributed by atoms with E-state index in [9.17, 15) is 0 Å². The van der Waals surface area contributed by atoms with Gasteiger partial charge in [-0.05, 0) is 41.5 Å². The summed E-state index contributed by atoms with van der Waals surface area (Å²) in [5.74, 6) is 0.605. The summed E-state index contributed by atoms with van der Waals surface area (Å²) in [7, 11) is 0. The van der Waals surface area contributed by atoms with Crippen LogP contribution in [0.3, 0.4) is 0 Å². The van der Waals surface area contributed by atoms with Crippen LogP contribution in [0.1, 0.15) is 11.1 Å². The van der Waals surface area contributed by atoms with Crippen LogP contribution in [-0.4, -0.2) is 20.1 Å². The summed E-state index contributed by atoms with van der Waals surface area (Å²) in [5.41, 5.74) is 4.04. The van der Waals surface area contributed by atoms with Crippen molar-refractivity contribution >= 4 is 28.4 Å². The normalized spacial score (nSPS) is 10.8. The second-order valence-corrected chi connectivity index (χ2v) is 6.15. The molecule has 3 heterocycles. The van der Waals surface area contributed by atoms with Crippen LogP contribution in [0.15, 0.2) is 65.7 Å². The molecule has 0 radical (unpaired) electrons. The van der Waals surface area contributed by atoms with Crippen molar-refractivity contribution in [2.24, 2.45) is 0 Å². The monoisotopic (exact) mass is 363 g/mol. The van der Waals surface area contributed by atoms with Gasteiger partial charge in [-0.2, -0.15) is 0 Å². The van der Waals surface area contributed by atoms with Gasteiger partial charge in [0.15, 0.2) is 5.11 Å². The first-order valence-corrected chi connectivity index (χ1v) is 8.62. The van der Waals surface area contributed by atoms with Crippen molar-refractivity contribution in [3.8, 4) is 11.5 Å². The van der Waals surface area contributed by atoms with E-state index in [-0.39, 0.29) is 0 Å². The number of benzene rings is 1. The zero-order valence-electron chi connectivity index (χ0n) is 13.9. The quantitative estimate of drug-likeness (QED) is 0.472. The Hall–Kier alpha value is -3.19. The molecule has 130 valence electrons. The van der Waals surface area contributed by atoms with E-state index in [1.54, 1.807) is 18.7 Å². The summed E-state index contributed by atoms with van der Waals surface area (Å²) in [4.78, 5) is 11.6. The summed E-state index contributed by atoms with van der Waals surface area (Å²) in [6.45, 7) is 1.21. The van der Waals surface area contributed by atoms with E-state index < -0.39 is 0 Å². The van der Waals surface area contributed by atoms with E-state index in [0.717, 1.165) is 27.7 Å². The van der Waals surface area contributed by atoms with Crippen LogP contribution in [0.25, 0.3) is 22.5 Å². The van der Waals surface area contributed by atoms with Gasteiger partial charge in [-0.3, -0.25) is 0 Å². The Kier molecular flexibility index (Phi) is 4.61. The molecule has 4 rings (SSSR count). The number of aromatic nitrogens is 3. The molecule has 0 fully saturated rings. The van der Waals surface area contributed by atoms with Crippen molar-refractivity contribution in [1.82, 2.24) is 25.6 Å². The fraction of sp³-hybridized carbons (Fsp3) is 0.105. The summed E-state index contributed by atoms with van der Waals surface area (Å²) in [6, 6.07) is 12.0. The van der Waals surface area contributed by atoms with Gasteiger partial charge in [-0.1, -0.05) is 18.2 Å². The molecule has 0 saturated carbocycles. The van der Waals surface area contributed by atoms with E-state index >= 15 is 0 Å². The lowest BCUT2D eigenvalue weighted by molar-refractivity contribution is 0.573. The lowest BCUT2D eigenvalue weighted by atomic mass is 10.1. The molecule has 0 aliphatic carbocycles. The average molecular weight is 363 g/mol. The number of thiocarbonyl (C=S) groups is 1. The van der Waals surface area contributed by atoms with Gasteiger partial charge in [0.05, 0.1) is 6.20 Å². The Morgan fingerprint density at radius 2 is 1.85 bits per heavy atom. The van der Waals surface area contributed by atoms with E-state index in [0.29, 0.717) is 24.1 Å². The van der Waals surface area contributed by atoms with Crippen LogP contribution in [0.2, 0.25) is 0 Å². The number of fused-ring (bicyclic) bond motifs is 1. The molecule has 26 heavy (non-hydrogen) atoms. The standard InChI is InChI=1S/C19H17N5OS/c26-19(24-12-14-5-7-20-17-15(14)6-8-21-17)23-11-13-3-1-2-4-16(13)18-22-9-10-25-18/h1-10H,11-12H2,(H,20,21)(H2,23,24,26). The Balaban J connectivity index is 1.39. The molecule has 3 aromatic heterocycles. The average Bonchev–Trinajstić information content (AvgIpc) is 3.36. The van der Waals surface area contributed by atoms with Crippen LogP contribution >= 0.6 is 12.2 Å². The molecule has 0 aliphatic heterocycles. The predicted octanol–water partition coefficient (Wildman–Crippen LogP) is 3.38. The van der Waals surface area contributed by atoms with Crippen molar-refractivity contribution in [2.75, 3.05) is 0 Å². The van der Waals surface area contributed by atoms with Crippen molar-refractivity contribution < 1.29 is 4.42 Å². The number of nitrogens with one attached hydrogen (secondary N) is 3. The van der Waals surface area contributed by atoms with Crippen molar-refractivity contribution in [2.45, 2.75) is 13.1 Å². The van der Waals surface area contributed by atoms with Crippen molar-refractivity contribution in [3.05, 3.63) is 72.4 Å². The molecule has 4 aromatic rings. The van der Waals surface area contributed by atoms with Gasteiger partial charge in [-0.15, -0.1) is 0 Å². The number of nitrogens with zero attached hydrogens (tertiary/aromatic N) is 2. The zero-order valence-corrected chi connectivity index (χ0v) is 14.7. The van der Waals surface area contributed by atoms with Gasteiger partial charge in [0, 0.05) is 36.4 Å². The first-order chi connectivity index (χ1) is 12.8. The molecule has 0 amide bonds. The van der Waals surface area contributed by atoms with Gasteiger partial charge in [0.2, 0.25) is 5.89 Å². The summed E-state index contributed by atoms with van der Waals surface area (Å²) in [6.07, 6.45) is 6.89. The van der Waals surface area contributed by atoms with Crippen LogP contribution in [0.4, 0.5) is 0 Å². The molecule has 3 N–H and O–H groups in total. The van der Waals surface area contributed by atoms with Crippen molar-refractivity contribution in [3.63, 3.8) is 0 Å². The Morgan fingerprint density at radius 1 is 1.00 bits per heavy atom. The molecule has 1 aromatic carbocycles. The topological polar surface area (TPSA) is 78.8 Å². The van der Waals surface area contributed by atoms with Gasteiger partial charge >= 0.3 is 0 Å². The molecule has 7 heteroatoms. The molecular weight excluding hydrogens is 346 g/mol. The van der Waals surface area contributed by atoms with Crippen molar-refractivity contribution in [1.29, 1.82) is 0 Å². The Labute approximate surface area is 155 Å². The second kappa shape index (κ2) is 7.37. The van der Waals surface area contributed by atoms with Crippen LogP contribution in [0, 0.1) is 0 Å². The van der Waals surface area contributed by atoms with E-state index in [1.165, 1.54) is 0 Å². The number of aromatic amines is 1. The fourth-order valence-electron chi connectivity index (χ4n) is 2.83. The number of hydrogen-bond acceptors (Lipinski definition) is 4. The molecule has 0 aliphatic rings. The number of oxazole rings is 1. The molecule has 0 unspecified atom stereocenters. The number of pyridine rings is 1. The smallest absolute Gasteiger partial charge is 0.226 e. The van der Waals surface area contributed by atoms with Gasteiger partial charge in [-0.25, -0.2) is 9.97 Å². The van der Waals surface area contributed by atoms with Crippen LogP contribution in [0.5, 0.6) is 0 Å². The molecule has 0 bridgehead atoms. The number of rotatable bonds is 5. The van der Waals surface area contributed by atoms with E-state index in [4.69, 9.17) is 16.6 Å². The highest BCUT2D eigenvalue weighted by Gasteiger charge is 2.09. The van der Waals surface area contributed by atoms with Gasteiger partial charge in [0.25, 0.3) is 0 Å². The SMILES string of the molecule is S=C(NCc1ccccc1-c1ncco1)NCc1ccnc2[nH]ccc12. The van der Waals surface area contributed by atoms with Crippen LogP contribution < -0.4 is 10.6 Å². The van der Waals surface area contributed by atoms with Gasteiger partial charge in [0.1, 0.15) is 11.9 Å². The minimum Gasteiger partial charge on any atom is -0.445 e. The maximum atomic E-state index is 5.41. The first-order valence-electron chi connectivity index (χ1n) is 8.22. The Bertz CT molecular complexity index is 1030. The lowest BCUT2D eigenvalue weighted by Crippen LogP contribution is -2.34. The van der Waals surface area contributed by atoms with E-state index in [2.05, 4.69) is 25.6 Å². The lowest BCUT2D eigenvalue weighted by Gasteiger charge is -2.12. The third-order valence-corrected chi connectivity index (χ3v) is 4.40. The fourth-order valence-corrected chi connectivity index (χ4v) is 2.97. The minimum absolute atomic E-state index is 0.584. The highest BCUT2D eigenvalue weighted by Crippen LogP contribution is 2.21. The zero-order chi connectivity index (χ0) is 17.8. The largest absolute Gasteiger partial charge is 0.445 e. The molecular formula is C19H17N5OS. The minimum atomic E-state index is 0.584. The third kappa shape index (κ3) is 3.43. The summed E-state index contributed by atoms with van der Waals surface area (Å²) < 4.78 is 5.41. The second-order valence-electron chi connectivity index (χ2n) is 5.74. The first kappa shape index (κ1) is 16.3. The maximum Gasteiger partial charge on any atom is 0.226 e.